The van der Waals surface area contributed by atoms with E-state index in [1.165, 1.54) is 0 Å². The molecule has 0 aromatic rings. The molecule has 1 aliphatic carbocycles. The number of ether oxygens (including phenoxy) is 2. The fourth-order valence-electron chi connectivity index (χ4n) is 3.29. The van der Waals surface area contributed by atoms with E-state index in [-0.39, 0.29) is 17.7 Å². The molecule has 1 saturated heterocycles. The van der Waals surface area contributed by atoms with Gasteiger partial charge in [0, 0.05) is 26.2 Å². The molecule has 0 aromatic carbocycles. The van der Waals surface area contributed by atoms with Gasteiger partial charge in [-0.3, -0.25) is 0 Å². The van der Waals surface area contributed by atoms with Gasteiger partial charge in [-0.15, -0.1) is 0 Å². The Morgan fingerprint density at radius 2 is 1.86 bits per heavy atom. The lowest BCUT2D eigenvalue weighted by Crippen LogP contribution is -2.61. The number of nitrogens with one attached hydrogen (secondary N) is 2. The van der Waals surface area contributed by atoms with Crippen LogP contribution in [0, 0.1) is 5.92 Å². The number of carbonyl (C=O) groups excluding carboxylic acids is 1. The van der Waals surface area contributed by atoms with Gasteiger partial charge >= 0.3 is 6.09 Å². The third-order valence-electron chi connectivity index (χ3n) is 4.56. The minimum Gasteiger partial charge on any atom is -0.444 e. The molecule has 0 bridgehead atoms. The smallest absolute Gasteiger partial charge is 0.407 e. The van der Waals surface area contributed by atoms with Gasteiger partial charge < -0.3 is 20.1 Å². The highest BCUT2D eigenvalue weighted by Crippen LogP contribution is 2.34. The molecule has 2 fully saturated rings. The van der Waals surface area contributed by atoms with E-state index in [2.05, 4.69) is 10.6 Å². The van der Waals surface area contributed by atoms with E-state index in [1.54, 1.807) is 0 Å². The minimum atomic E-state index is -0.427. The van der Waals surface area contributed by atoms with Crippen molar-refractivity contribution >= 4 is 6.09 Å². The van der Waals surface area contributed by atoms with Crippen molar-refractivity contribution in [1.82, 2.24) is 10.6 Å². The van der Waals surface area contributed by atoms with Crippen molar-refractivity contribution in [2.45, 2.75) is 70.1 Å². The minimum absolute atomic E-state index is 0.0656. The van der Waals surface area contributed by atoms with E-state index < -0.39 is 5.60 Å². The molecule has 1 heterocycles. The van der Waals surface area contributed by atoms with Crippen molar-refractivity contribution < 1.29 is 14.3 Å². The highest BCUT2D eigenvalue weighted by atomic mass is 16.6. The van der Waals surface area contributed by atoms with E-state index in [1.807, 2.05) is 27.9 Å². The number of rotatable bonds is 4. The lowest BCUT2D eigenvalue weighted by atomic mass is 9.77. The molecule has 0 radical (unpaired) electrons. The van der Waals surface area contributed by atoms with Gasteiger partial charge in [0.05, 0.1) is 5.60 Å². The first-order chi connectivity index (χ1) is 9.82. The molecule has 2 N–H and O–H groups in total. The predicted octanol–water partition coefficient (Wildman–Crippen LogP) is 2.45. The van der Waals surface area contributed by atoms with E-state index in [9.17, 15) is 4.79 Å². The fraction of sp³-hybridized carbons (Fsp3) is 0.938. The van der Waals surface area contributed by atoms with E-state index in [0.29, 0.717) is 5.92 Å². The average Bonchev–Trinajstić information content (AvgIpc) is 2.33. The van der Waals surface area contributed by atoms with Crippen LogP contribution >= 0.6 is 0 Å². The summed E-state index contributed by atoms with van der Waals surface area (Å²) in [7, 11) is 1.82. The van der Waals surface area contributed by atoms with Crippen molar-refractivity contribution in [2.24, 2.45) is 5.92 Å². The normalized spacial score (nSPS) is 28.6. The van der Waals surface area contributed by atoms with Crippen molar-refractivity contribution in [1.29, 1.82) is 0 Å². The summed E-state index contributed by atoms with van der Waals surface area (Å²) in [6.45, 7) is 7.61. The van der Waals surface area contributed by atoms with Crippen LogP contribution in [-0.2, 0) is 9.47 Å². The van der Waals surface area contributed by atoms with Gasteiger partial charge in [-0.05, 0) is 58.8 Å². The molecular formula is C16H30N2O3. The summed E-state index contributed by atoms with van der Waals surface area (Å²) in [6, 6.07) is 0.258. The van der Waals surface area contributed by atoms with Gasteiger partial charge in [-0.1, -0.05) is 0 Å². The van der Waals surface area contributed by atoms with Gasteiger partial charge in [0.25, 0.3) is 0 Å². The Morgan fingerprint density at radius 3 is 2.29 bits per heavy atom. The Hall–Kier alpha value is -0.810. The van der Waals surface area contributed by atoms with Crippen LogP contribution in [0.15, 0.2) is 0 Å². The Labute approximate surface area is 128 Å². The van der Waals surface area contributed by atoms with Gasteiger partial charge in [-0.2, -0.15) is 0 Å². The standard InChI is InChI=1S/C16H30N2O3/c1-15(2,3)21-14(19)18-13-7-5-12(6-8-13)9-16(20-4)10-17-11-16/h12-13,17H,5-11H2,1-4H3,(H,18,19). The van der Waals surface area contributed by atoms with E-state index >= 15 is 0 Å². The summed E-state index contributed by atoms with van der Waals surface area (Å²) in [5, 5.41) is 6.30. The second-order valence-electron chi connectivity index (χ2n) is 7.56. The molecule has 21 heavy (non-hydrogen) atoms. The Kier molecular flexibility index (Phi) is 5.15. The third kappa shape index (κ3) is 4.85. The molecule has 0 spiro atoms. The summed E-state index contributed by atoms with van der Waals surface area (Å²) in [4.78, 5) is 11.8. The summed E-state index contributed by atoms with van der Waals surface area (Å²) in [6.07, 6.45) is 5.24. The molecule has 5 heteroatoms. The monoisotopic (exact) mass is 298 g/mol. The fourth-order valence-corrected chi connectivity index (χ4v) is 3.29. The quantitative estimate of drug-likeness (QED) is 0.837. The lowest BCUT2D eigenvalue weighted by Gasteiger charge is -2.44. The second kappa shape index (κ2) is 6.53. The van der Waals surface area contributed by atoms with Gasteiger partial charge in [0.2, 0.25) is 0 Å². The first-order valence-corrected chi connectivity index (χ1v) is 8.07. The molecule has 0 aromatic heterocycles. The van der Waals surface area contributed by atoms with Crippen LogP contribution in [0.2, 0.25) is 0 Å². The van der Waals surface area contributed by atoms with Gasteiger partial charge in [0.1, 0.15) is 5.60 Å². The van der Waals surface area contributed by atoms with Crippen LogP contribution in [0.1, 0.15) is 52.9 Å². The molecule has 122 valence electrons. The number of hydrogen-bond acceptors (Lipinski definition) is 4. The first kappa shape index (κ1) is 16.6. The first-order valence-electron chi connectivity index (χ1n) is 8.07. The van der Waals surface area contributed by atoms with Crippen molar-refractivity contribution in [3.63, 3.8) is 0 Å². The van der Waals surface area contributed by atoms with Crippen LogP contribution < -0.4 is 10.6 Å². The van der Waals surface area contributed by atoms with Gasteiger partial charge in [-0.25, -0.2) is 4.79 Å². The van der Waals surface area contributed by atoms with Crippen molar-refractivity contribution in [3.05, 3.63) is 0 Å². The number of methoxy groups -OCH3 is 1. The summed E-state index contributed by atoms with van der Waals surface area (Å²) >= 11 is 0. The van der Waals surface area contributed by atoms with E-state index in [0.717, 1.165) is 45.2 Å². The Bertz CT molecular complexity index is 348. The Morgan fingerprint density at radius 1 is 1.24 bits per heavy atom. The zero-order valence-corrected chi connectivity index (χ0v) is 13.8. The molecule has 5 nitrogen and oxygen atoms in total. The van der Waals surface area contributed by atoms with Crippen molar-refractivity contribution in [3.8, 4) is 0 Å². The molecule has 1 saturated carbocycles. The second-order valence-corrected chi connectivity index (χ2v) is 7.56. The number of amides is 1. The summed E-state index contributed by atoms with van der Waals surface area (Å²) in [5.41, 5.74) is -0.362. The van der Waals surface area contributed by atoms with Crippen LogP contribution in [0.4, 0.5) is 4.79 Å². The largest absolute Gasteiger partial charge is 0.444 e. The molecule has 2 rings (SSSR count). The topological polar surface area (TPSA) is 59.6 Å². The SMILES string of the molecule is COC1(CC2CCC(NC(=O)OC(C)(C)C)CC2)CNC1. The van der Waals surface area contributed by atoms with Gasteiger partial charge in [0.15, 0.2) is 0 Å². The number of alkyl carbamates (subject to hydrolysis) is 1. The highest BCUT2D eigenvalue weighted by molar-refractivity contribution is 5.68. The van der Waals surface area contributed by atoms with Crippen LogP contribution in [-0.4, -0.2) is 43.5 Å². The number of hydrogen-bond donors (Lipinski definition) is 2. The zero-order chi connectivity index (χ0) is 15.5. The molecule has 2 aliphatic rings. The predicted molar refractivity (Wildman–Crippen MR) is 82.3 cm³/mol. The maximum absolute atomic E-state index is 11.8. The average molecular weight is 298 g/mol. The molecule has 1 amide bonds. The lowest BCUT2D eigenvalue weighted by molar-refractivity contribution is -0.0710. The van der Waals surface area contributed by atoms with Crippen LogP contribution in [0.5, 0.6) is 0 Å². The molecule has 1 aliphatic heterocycles. The Balaban J connectivity index is 1.70. The van der Waals surface area contributed by atoms with Crippen molar-refractivity contribution in [2.75, 3.05) is 20.2 Å². The molecular weight excluding hydrogens is 268 g/mol. The molecule has 0 unspecified atom stereocenters. The zero-order valence-electron chi connectivity index (χ0n) is 13.8. The third-order valence-corrected chi connectivity index (χ3v) is 4.56. The van der Waals surface area contributed by atoms with Crippen LogP contribution in [0.25, 0.3) is 0 Å². The van der Waals surface area contributed by atoms with E-state index in [4.69, 9.17) is 9.47 Å². The summed E-state index contributed by atoms with van der Waals surface area (Å²) in [5.74, 6) is 0.712. The molecule has 0 atom stereocenters. The maximum Gasteiger partial charge on any atom is 0.407 e. The maximum atomic E-state index is 11.8. The summed E-state index contributed by atoms with van der Waals surface area (Å²) < 4.78 is 11.0. The van der Waals surface area contributed by atoms with Crippen LogP contribution in [0.3, 0.4) is 0 Å². The highest BCUT2D eigenvalue weighted by Gasteiger charge is 2.39. The number of carbonyl (C=O) groups is 1.